The first-order chi connectivity index (χ1) is 12.7. The molecule has 0 aliphatic carbocycles. The predicted molar refractivity (Wildman–Crippen MR) is 116 cm³/mol. The van der Waals surface area contributed by atoms with Gasteiger partial charge in [-0.15, -0.1) is 11.8 Å². The molecule has 136 valence electrons. The van der Waals surface area contributed by atoms with E-state index < -0.39 is 0 Å². The van der Waals surface area contributed by atoms with Crippen LogP contribution in [0.25, 0.3) is 10.9 Å². The van der Waals surface area contributed by atoms with Crippen LogP contribution < -0.4 is 0 Å². The second kappa shape index (κ2) is 8.20. The summed E-state index contributed by atoms with van der Waals surface area (Å²) in [6.45, 7) is 5.82. The Morgan fingerprint density at radius 2 is 1.88 bits per heavy atom. The van der Waals surface area contributed by atoms with Crippen molar-refractivity contribution in [2.24, 2.45) is 0 Å². The molecule has 4 heteroatoms. The highest BCUT2D eigenvalue weighted by molar-refractivity contribution is 9.10. The average molecular weight is 429 g/mol. The Kier molecular flexibility index (Phi) is 5.72. The van der Waals surface area contributed by atoms with Gasteiger partial charge in [0.25, 0.3) is 0 Å². The minimum atomic E-state index is 0.722. The molecule has 2 heterocycles. The summed E-state index contributed by atoms with van der Waals surface area (Å²) < 4.78 is 1.15. The number of nitrogens with one attached hydrogen (secondary N) is 1. The molecule has 4 rings (SSSR count). The maximum Gasteiger partial charge on any atom is 0.0468 e. The van der Waals surface area contributed by atoms with Crippen LogP contribution in [0.2, 0.25) is 0 Å². The van der Waals surface area contributed by atoms with Crippen molar-refractivity contribution in [1.82, 2.24) is 9.88 Å². The molecule has 2 nitrogen and oxygen atoms in total. The molecule has 26 heavy (non-hydrogen) atoms. The fourth-order valence-electron chi connectivity index (χ4n) is 3.78. The average Bonchev–Trinajstić information content (AvgIpc) is 2.97. The van der Waals surface area contributed by atoms with Crippen molar-refractivity contribution >= 4 is 38.6 Å². The first-order valence-corrected chi connectivity index (χ1v) is 11.1. The van der Waals surface area contributed by atoms with Gasteiger partial charge in [-0.25, -0.2) is 0 Å². The molecule has 2 aromatic carbocycles. The lowest BCUT2D eigenvalue weighted by Gasteiger charge is -2.31. The smallest absolute Gasteiger partial charge is 0.0468 e. The highest BCUT2D eigenvalue weighted by Crippen LogP contribution is 2.38. The van der Waals surface area contributed by atoms with Crippen LogP contribution in [0.4, 0.5) is 0 Å². The van der Waals surface area contributed by atoms with Gasteiger partial charge in [-0.05, 0) is 63.0 Å². The Labute approximate surface area is 168 Å². The van der Waals surface area contributed by atoms with E-state index in [1.807, 2.05) is 0 Å². The molecule has 1 N–H and O–H groups in total. The van der Waals surface area contributed by atoms with Crippen LogP contribution in [0.1, 0.15) is 24.1 Å². The van der Waals surface area contributed by atoms with Gasteiger partial charge in [0.15, 0.2) is 0 Å². The quantitative estimate of drug-likeness (QED) is 0.533. The first-order valence-electron chi connectivity index (χ1n) is 9.40. The van der Waals surface area contributed by atoms with Gasteiger partial charge < -0.3 is 9.88 Å². The maximum absolute atomic E-state index is 3.62. The molecular weight excluding hydrogens is 404 g/mol. The van der Waals surface area contributed by atoms with E-state index in [2.05, 4.69) is 93.0 Å². The molecule has 1 aliphatic heterocycles. The van der Waals surface area contributed by atoms with Crippen LogP contribution in [-0.2, 0) is 6.42 Å². The number of hydrogen-bond donors (Lipinski definition) is 1. The summed E-state index contributed by atoms with van der Waals surface area (Å²) >= 11 is 5.69. The summed E-state index contributed by atoms with van der Waals surface area (Å²) in [6.07, 6.45) is 3.72. The fraction of sp³-hybridized carbons (Fsp3) is 0.364. The van der Waals surface area contributed by atoms with Crippen LogP contribution in [0.5, 0.6) is 0 Å². The van der Waals surface area contributed by atoms with Gasteiger partial charge >= 0.3 is 0 Å². The van der Waals surface area contributed by atoms with Gasteiger partial charge in [0.1, 0.15) is 0 Å². The van der Waals surface area contributed by atoms with Gasteiger partial charge in [0.2, 0.25) is 0 Å². The van der Waals surface area contributed by atoms with Crippen LogP contribution in [0.3, 0.4) is 0 Å². The molecule has 1 aliphatic rings. The number of rotatable bonds is 5. The van der Waals surface area contributed by atoms with E-state index in [1.54, 1.807) is 0 Å². The number of fused-ring (bicyclic) bond motifs is 1. The number of likely N-dealkylation sites (tertiary alicyclic amines) is 1. The molecule has 0 unspecified atom stereocenters. The molecule has 1 fully saturated rings. The lowest BCUT2D eigenvalue weighted by molar-refractivity contribution is 0.235. The van der Waals surface area contributed by atoms with Gasteiger partial charge in [0.05, 0.1) is 0 Å². The zero-order valence-corrected chi connectivity index (χ0v) is 17.6. The van der Waals surface area contributed by atoms with E-state index in [4.69, 9.17) is 0 Å². The lowest BCUT2D eigenvalue weighted by Crippen LogP contribution is -2.36. The summed E-state index contributed by atoms with van der Waals surface area (Å²) in [5, 5.41) is 2.08. The number of benzene rings is 2. The zero-order chi connectivity index (χ0) is 17.9. The minimum absolute atomic E-state index is 0.722. The van der Waals surface area contributed by atoms with Crippen molar-refractivity contribution in [2.75, 3.05) is 19.6 Å². The van der Waals surface area contributed by atoms with Crippen LogP contribution in [0.15, 0.2) is 57.9 Å². The molecule has 0 atom stereocenters. The highest BCUT2D eigenvalue weighted by Gasteiger charge is 2.22. The van der Waals surface area contributed by atoms with Crippen LogP contribution in [-0.4, -0.2) is 34.8 Å². The van der Waals surface area contributed by atoms with Crippen molar-refractivity contribution in [3.05, 3.63) is 64.3 Å². The summed E-state index contributed by atoms with van der Waals surface area (Å²) in [4.78, 5) is 7.60. The van der Waals surface area contributed by atoms with Crippen molar-refractivity contribution in [2.45, 2.75) is 36.3 Å². The normalized spacial score (nSPS) is 16.4. The molecule has 3 aromatic rings. The highest BCUT2D eigenvalue weighted by atomic mass is 79.9. The van der Waals surface area contributed by atoms with E-state index in [9.17, 15) is 0 Å². The first kappa shape index (κ1) is 18.1. The predicted octanol–water partition coefficient (Wildman–Crippen LogP) is 6.04. The Hall–Kier alpha value is -1.23. The standard InChI is InChI=1S/C22H25BrN2S/c1-16-22(20-15-18(23)7-8-21(20)24-16)26-19-10-13-25(14-11-19)12-9-17-5-3-2-4-6-17/h2-8,15,19,24H,9-14H2,1H3. The zero-order valence-electron chi connectivity index (χ0n) is 15.2. The third-order valence-electron chi connectivity index (χ3n) is 5.27. The van der Waals surface area contributed by atoms with E-state index in [-0.39, 0.29) is 0 Å². The summed E-state index contributed by atoms with van der Waals surface area (Å²) in [5.74, 6) is 0. The Morgan fingerprint density at radius 3 is 2.65 bits per heavy atom. The Morgan fingerprint density at radius 1 is 1.12 bits per heavy atom. The van der Waals surface area contributed by atoms with Gasteiger partial charge in [0, 0.05) is 37.8 Å². The van der Waals surface area contributed by atoms with Crippen molar-refractivity contribution < 1.29 is 0 Å². The molecular formula is C22H25BrN2S. The van der Waals surface area contributed by atoms with E-state index in [0.717, 1.165) is 16.1 Å². The molecule has 1 aromatic heterocycles. The van der Waals surface area contributed by atoms with Gasteiger partial charge in [-0.1, -0.05) is 46.3 Å². The van der Waals surface area contributed by atoms with E-state index in [1.165, 1.54) is 59.5 Å². The second-order valence-electron chi connectivity index (χ2n) is 7.16. The summed E-state index contributed by atoms with van der Waals surface area (Å²) in [7, 11) is 0. The van der Waals surface area contributed by atoms with E-state index in [0.29, 0.717) is 0 Å². The van der Waals surface area contributed by atoms with Crippen molar-refractivity contribution in [3.8, 4) is 0 Å². The number of thioether (sulfide) groups is 1. The SMILES string of the molecule is Cc1[nH]c2ccc(Br)cc2c1SC1CCN(CCc2ccccc2)CC1. The number of aromatic amines is 1. The number of hydrogen-bond acceptors (Lipinski definition) is 2. The number of nitrogens with zero attached hydrogens (tertiary/aromatic N) is 1. The monoisotopic (exact) mass is 428 g/mol. The second-order valence-corrected chi connectivity index (χ2v) is 9.39. The van der Waals surface area contributed by atoms with Crippen molar-refractivity contribution in [1.29, 1.82) is 0 Å². The lowest BCUT2D eigenvalue weighted by atomic mass is 10.1. The van der Waals surface area contributed by atoms with Crippen molar-refractivity contribution in [3.63, 3.8) is 0 Å². The molecule has 0 saturated carbocycles. The third-order valence-corrected chi connectivity index (χ3v) is 7.33. The summed E-state index contributed by atoms with van der Waals surface area (Å²) in [5.41, 5.74) is 3.99. The number of aromatic nitrogens is 1. The molecule has 0 radical (unpaired) electrons. The molecule has 0 bridgehead atoms. The Balaban J connectivity index is 1.34. The number of H-pyrrole nitrogens is 1. The number of halogens is 1. The summed E-state index contributed by atoms with van der Waals surface area (Å²) in [6, 6.07) is 17.4. The van der Waals surface area contributed by atoms with Gasteiger partial charge in [-0.3, -0.25) is 0 Å². The van der Waals surface area contributed by atoms with Crippen LogP contribution in [0, 0.1) is 6.92 Å². The molecule has 0 amide bonds. The maximum atomic E-state index is 3.62. The number of piperidine rings is 1. The van der Waals surface area contributed by atoms with Gasteiger partial charge in [-0.2, -0.15) is 0 Å². The molecule has 0 spiro atoms. The largest absolute Gasteiger partial charge is 0.358 e. The topological polar surface area (TPSA) is 19.0 Å². The third kappa shape index (κ3) is 4.19. The van der Waals surface area contributed by atoms with E-state index >= 15 is 0 Å². The Bertz CT molecular complexity index is 866. The minimum Gasteiger partial charge on any atom is -0.358 e. The van der Waals surface area contributed by atoms with Crippen LogP contribution >= 0.6 is 27.7 Å². The molecule has 1 saturated heterocycles. The fourth-order valence-corrected chi connectivity index (χ4v) is 5.44. The number of aryl methyl sites for hydroxylation is 1.